The highest BCUT2D eigenvalue weighted by Crippen LogP contribution is 2.89. The fraction of sp³-hybridized carbons (Fsp3) is 0.949. The minimum Gasteiger partial charge on any atom is -0.390 e. The van der Waals surface area contributed by atoms with E-state index in [4.69, 9.17) is 14.2 Å². The molecule has 2 saturated heterocycles. The average Bonchev–Trinajstić information content (AvgIpc) is 3.94. The molecular formula is C39H62N2O6. The predicted octanol–water partition coefficient (Wildman–Crippen LogP) is 5.70. The Bertz CT molecular complexity index is 1270. The molecule has 0 aromatic heterocycles. The maximum Gasteiger partial charge on any atom is 0.223 e. The van der Waals surface area contributed by atoms with E-state index in [0.29, 0.717) is 73.1 Å². The Balaban J connectivity index is 0.983. The number of hydrogen-bond donors (Lipinski definition) is 2. The zero-order chi connectivity index (χ0) is 33.1. The number of rotatable bonds is 7. The van der Waals surface area contributed by atoms with Gasteiger partial charge in [0.25, 0.3) is 0 Å². The lowest BCUT2D eigenvalue weighted by atomic mass is 9.41. The molecule has 2 aliphatic heterocycles. The van der Waals surface area contributed by atoms with E-state index in [-0.39, 0.29) is 52.7 Å². The minimum atomic E-state index is -0.457. The lowest BCUT2D eigenvalue weighted by Gasteiger charge is -2.64. The molecule has 2 heterocycles. The van der Waals surface area contributed by atoms with Crippen molar-refractivity contribution in [1.82, 2.24) is 10.2 Å². The Morgan fingerprint density at radius 1 is 1.00 bits per heavy atom. The fourth-order valence-corrected chi connectivity index (χ4v) is 14.0. The van der Waals surface area contributed by atoms with Gasteiger partial charge >= 0.3 is 0 Å². The summed E-state index contributed by atoms with van der Waals surface area (Å²) >= 11 is 0. The van der Waals surface area contributed by atoms with Gasteiger partial charge in [-0.15, -0.1) is 0 Å². The van der Waals surface area contributed by atoms with Crippen LogP contribution in [0.5, 0.6) is 0 Å². The van der Waals surface area contributed by atoms with Crippen LogP contribution in [0.2, 0.25) is 0 Å². The van der Waals surface area contributed by atoms with Gasteiger partial charge in [0.05, 0.1) is 37.6 Å². The SMILES string of the molecule is CC(=O)NCCC1C[C@@H](C)C2C(O1)[C@H](O)[C@@]1(C)[C@@H]3CC[C@H]4C(C)(C)[C@@H](OC5CN(C(=O)CC6CC6)CCO5)CC[C@@]45CC35CC[C@]21C. The third-order valence-electron chi connectivity index (χ3n) is 16.5. The molecule has 0 aromatic carbocycles. The zero-order valence-corrected chi connectivity index (χ0v) is 30.0. The number of ether oxygens (including phenoxy) is 3. The highest BCUT2D eigenvalue weighted by molar-refractivity contribution is 5.76. The number of amides is 2. The largest absolute Gasteiger partial charge is 0.390 e. The number of aliphatic hydroxyl groups is 1. The van der Waals surface area contributed by atoms with E-state index in [2.05, 4.69) is 39.9 Å². The summed E-state index contributed by atoms with van der Waals surface area (Å²) in [6.45, 7) is 16.3. The standard InChI is InChI=1S/C39H62N2O6/c1-23-19-26(12-16-40-24(2)42)46-33-32(23)36(5)14-15-39-22-38(39)13-11-29(35(3,4)27(38)9-10-28(39)37(36,6)34(33)44)47-31-21-41(17-18-45-31)30(43)20-25-7-8-25/h23,25-29,31-34,44H,7-22H2,1-6H3,(H,40,42)/t23-,26?,27+,28+,29+,31?,32?,33?,34+,36-,37-,38-,39?/m1/s1. The van der Waals surface area contributed by atoms with Crippen molar-refractivity contribution in [2.75, 3.05) is 26.2 Å². The molecule has 2 spiro atoms. The Labute approximate surface area is 282 Å². The Morgan fingerprint density at radius 3 is 2.49 bits per heavy atom. The summed E-state index contributed by atoms with van der Waals surface area (Å²) < 4.78 is 19.8. The van der Waals surface area contributed by atoms with Crippen molar-refractivity contribution >= 4 is 11.8 Å². The molecule has 2 N–H and O–H groups in total. The van der Waals surface area contributed by atoms with Gasteiger partial charge in [-0.3, -0.25) is 9.59 Å². The van der Waals surface area contributed by atoms with Crippen molar-refractivity contribution in [2.45, 2.75) is 149 Å². The molecule has 8 heteroatoms. The van der Waals surface area contributed by atoms with Gasteiger partial charge in [0.1, 0.15) is 0 Å². The highest BCUT2D eigenvalue weighted by atomic mass is 16.7. The van der Waals surface area contributed by atoms with E-state index >= 15 is 0 Å². The first-order chi connectivity index (χ1) is 22.3. The molecule has 8 aliphatic rings. The van der Waals surface area contributed by atoms with Crippen molar-refractivity contribution in [3.05, 3.63) is 0 Å². The second-order valence-corrected chi connectivity index (χ2v) is 18.8. The molecule has 8 rings (SSSR count). The molecule has 5 unspecified atom stereocenters. The number of nitrogens with zero attached hydrogens (tertiary/aromatic N) is 1. The van der Waals surface area contributed by atoms with Crippen LogP contribution in [0.3, 0.4) is 0 Å². The molecule has 0 bridgehead atoms. The Kier molecular flexibility index (Phi) is 7.81. The summed E-state index contributed by atoms with van der Waals surface area (Å²) in [5.41, 5.74) is 0.563. The molecule has 6 aliphatic carbocycles. The first kappa shape index (κ1) is 33.0. The second-order valence-electron chi connectivity index (χ2n) is 18.8. The van der Waals surface area contributed by atoms with Gasteiger partial charge in [-0.1, -0.05) is 34.6 Å². The lowest BCUT2D eigenvalue weighted by Crippen LogP contribution is -2.60. The van der Waals surface area contributed by atoms with Crippen LogP contribution in [0.25, 0.3) is 0 Å². The first-order valence-corrected chi connectivity index (χ1v) is 19.4. The second kappa shape index (κ2) is 11.1. The van der Waals surface area contributed by atoms with E-state index in [1.54, 1.807) is 6.92 Å². The fourth-order valence-electron chi connectivity index (χ4n) is 14.0. The van der Waals surface area contributed by atoms with E-state index in [9.17, 15) is 14.7 Å². The first-order valence-electron chi connectivity index (χ1n) is 19.4. The number of carbonyl (C=O) groups is 2. The van der Waals surface area contributed by atoms with E-state index in [1.807, 2.05) is 4.90 Å². The molecule has 0 aromatic rings. The summed E-state index contributed by atoms with van der Waals surface area (Å²) in [5, 5.41) is 15.4. The highest BCUT2D eigenvalue weighted by Gasteiger charge is 2.84. The number of nitrogens with one attached hydrogen (secondary N) is 1. The van der Waals surface area contributed by atoms with Gasteiger partial charge in [-0.2, -0.15) is 0 Å². The van der Waals surface area contributed by atoms with Crippen LogP contribution in [-0.4, -0.2) is 78.8 Å². The summed E-state index contributed by atoms with van der Waals surface area (Å²) in [6.07, 6.45) is 12.6. The normalized spacial score (nSPS) is 51.1. The van der Waals surface area contributed by atoms with Gasteiger partial charge < -0.3 is 29.5 Å². The van der Waals surface area contributed by atoms with Gasteiger partial charge in [0.15, 0.2) is 6.29 Å². The quantitative estimate of drug-likeness (QED) is 0.366. The minimum absolute atomic E-state index is 0.00584. The van der Waals surface area contributed by atoms with Gasteiger partial charge in [0.2, 0.25) is 11.8 Å². The zero-order valence-electron chi connectivity index (χ0n) is 30.0. The van der Waals surface area contributed by atoms with Gasteiger partial charge in [-0.05, 0) is 122 Å². The number of carbonyl (C=O) groups excluding carboxylic acids is 2. The average molecular weight is 655 g/mol. The smallest absolute Gasteiger partial charge is 0.223 e. The van der Waals surface area contributed by atoms with E-state index in [1.165, 1.54) is 51.4 Å². The third-order valence-corrected chi connectivity index (χ3v) is 16.5. The summed E-state index contributed by atoms with van der Waals surface area (Å²) in [4.78, 5) is 26.4. The maximum atomic E-state index is 12.9. The summed E-state index contributed by atoms with van der Waals surface area (Å²) in [6, 6.07) is 0. The number of morpholine rings is 1. The van der Waals surface area contributed by atoms with Gasteiger partial charge in [0, 0.05) is 31.8 Å². The molecule has 264 valence electrons. The monoisotopic (exact) mass is 654 g/mol. The Morgan fingerprint density at radius 2 is 1.74 bits per heavy atom. The molecule has 0 radical (unpaired) electrons. The Hall–Kier alpha value is -1.22. The predicted molar refractivity (Wildman–Crippen MR) is 178 cm³/mol. The van der Waals surface area contributed by atoms with Crippen LogP contribution in [0, 0.1) is 56.7 Å². The molecule has 47 heavy (non-hydrogen) atoms. The number of hydrogen-bond acceptors (Lipinski definition) is 6. The number of aliphatic hydroxyl groups excluding tert-OH is 1. The van der Waals surface area contributed by atoms with E-state index < -0.39 is 6.10 Å². The number of fused-ring (bicyclic) bond motifs is 4. The van der Waals surface area contributed by atoms with Gasteiger partial charge in [-0.25, -0.2) is 0 Å². The van der Waals surface area contributed by atoms with Crippen LogP contribution in [0.15, 0.2) is 0 Å². The van der Waals surface area contributed by atoms with Crippen LogP contribution in [0.4, 0.5) is 0 Å². The van der Waals surface area contributed by atoms with Crippen LogP contribution >= 0.6 is 0 Å². The molecule has 6 saturated carbocycles. The van der Waals surface area contributed by atoms with Crippen molar-refractivity contribution < 1.29 is 28.9 Å². The van der Waals surface area contributed by atoms with Crippen LogP contribution in [0.1, 0.15) is 119 Å². The molecule has 2 amide bonds. The van der Waals surface area contributed by atoms with Crippen molar-refractivity contribution in [2.24, 2.45) is 56.7 Å². The maximum absolute atomic E-state index is 12.9. The topological polar surface area (TPSA) is 97.3 Å². The van der Waals surface area contributed by atoms with E-state index in [0.717, 1.165) is 19.3 Å². The molecule has 8 nitrogen and oxygen atoms in total. The third kappa shape index (κ3) is 4.72. The lowest BCUT2D eigenvalue weighted by molar-refractivity contribution is -0.248. The van der Waals surface area contributed by atoms with Crippen molar-refractivity contribution in [3.63, 3.8) is 0 Å². The molecular weight excluding hydrogens is 592 g/mol. The summed E-state index contributed by atoms with van der Waals surface area (Å²) in [7, 11) is 0. The van der Waals surface area contributed by atoms with Crippen LogP contribution < -0.4 is 5.32 Å². The van der Waals surface area contributed by atoms with Crippen molar-refractivity contribution in [3.8, 4) is 0 Å². The van der Waals surface area contributed by atoms with Crippen LogP contribution in [-0.2, 0) is 23.8 Å². The van der Waals surface area contributed by atoms with Crippen molar-refractivity contribution in [1.29, 1.82) is 0 Å². The molecule has 8 fully saturated rings. The molecule has 13 atom stereocenters. The summed E-state index contributed by atoms with van der Waals surface area (Å²) in [5.74, 6) is 2.86.